The Labute approximate surface area is 202 Å². The molecule has 1 aliphatic carbocycles. The van der Waals surface area contributed by atoms with E-state index in [1.807, 2.05) is 60.7 Å². The third-order valence-corrected chi connectivity index (χ3v) is 7.25. The molecular weight excluding hydrogens is 434 g/mol. The van der Waals surface area contributed by atoms with Gasteiger partial charge in [-0.05, 0) is 46.0 Å². The van der Waals surface area contributed by atoms with Crippen LogP contribution in [0.15, 0.2) is 115 Å². The molecule has 166 valence electrons. The molecule has 4 heteroatoms. The fraction of sp³-hybridized carbons (Fsp3) is 0.0323. The first-order valence-electron chi connectivity index (χ1n) is 11.6. The number of nitro groups is 1. The summed E-state index contributed by atoms with van der Waals surface area (Å²) in [7, 11) is 0. The van der Waals surface area contributed by atoms with Crippen molar-refractivity contribution >= 4 is 5.69 Å². The van der Waals surface area contributed by atoms with Crippen LogP contribution in [-0.2, 0) is 5.41 Å². The van der Waals surface area contributed by atoms with Gasteiger partial charge in [-0.1, -0.05) is 91.0 Å². The first kappa shape index (κ1) is 19.7. The zero-order valence-electron chi connectivity index (χ0n) is 18.6. The van der Waals surface area contributed by atoms with Gasteiger partial charge in [-0.2, -0.15) is 0 Å². The Morgan fingerprint density at radius 2 is 1.03 bits per heavy atom. The van der Waals surface area contributed by atoms with E-state index in [0.717, 1.165) is 50.4 Å². The standard InChI is InChI=1S/C31H19NO3/c33-32(34)27-17-6-2-11-21(27)23-13-9-12-22-20-10-1-3-14-24(20)31(30(22)23)25-15-4-7-18-28(25)35-29-19-8-5-16-26(29)31/h1-19H. The van der Waals surface area contributed by atoms with E-state index in [-0.39, 0.29) is 10.6 Å². The second kappa shape index (κ2) is 7.15. The number of benzene rings is 5. The van der Waals surface area contributed by atoms with Crippen molar-refractivity contribution < 1.29 is 9.66 Å². The lowest BCUT2D eigenvalue weighted by molar-refractivity contribution is -0.384. The smallest absolute Gasteiger partial charge is 0.277 e. The highest BCUT2D eigenvalue weighted by Crippen LogP contribution is 2.63. The molecule has 35 heavy (non-hydrogen) atoms. The Balaban J connectivity index is 1.70. The van der Waals surface area contributed by atoms with Crippen LogP contribution in [0.1, 0.15) is 22.3 Å². The fourth-order valence-corrected chi connectivity index (χ4v) is 6.00. The quantitative estimate of drug-likeness (QED) is 0.199. The van der Waals surface area contributed by atoms with Crippen molar-refractivity contribution in [3.63, 3.8) is 0 Å². The maximum atomic E-state index is 12.1. The Hall–Kier alpha value is -4.70. The second-order valence-corrected chi connectivity index (χ2v) is 8.89. The molecule has 1 aliphatic heterocycles. The molecule has 0 atom stereocenters. The lowest BCUT2D eigenvalue weighted by atomic mass is 9.64. The van der Waals surface area contributed by atoms with Crippen LogP contribution >= 0.6 is 0 Å². The van der Waals surface area contributed by atoms with E-state index in [1.54, 1.807) is 12.1 Å². The van der Waals surface area contributed by atoms with Crippen LogP contribution in [0, 0.1) is 10.1 Å². The number of hydrogen-bond donors (Lipinski definition) is 0. The van der Waals surface area contributed by atoms with Crippen molar-refractivity contribution in [1.29, 1.82) is 0 Å². The number of ether oxygens (including phenoxy) is 1. The van der Waals surface area contributed by atoms with Gasteiger partial charge in [0.05, 0.1) is 15.9 Å². The van der Waals surface area contributed by atoms with E-state index in [1.165, 1.54) is 0 Å². The lowest BCUT2D eigenvalue weighted by Gasteiger charge is -2.40. The lowest BCUT2D eigenvalue weighted by Crippen LogP contribution is -2.32. The molecule has 0 bridgehead atoms. The topological polar surface area (TPSA) is 52.4 Å². The first-order chi connectivity index (χ1) is 17.2. The molecule has 4 nitrogen and oxygen atoms in total. The Morgan fingerprint density at radius 1 is 0.543 bits per heavy atom. The number of para-hydroxylation sites is 3. The summed E-state index contributed by atoms with van der Waals surface area (Å²) in [5.41, 5.74) is 7.41. The number of nitrogens with zero attached hydrogens (tertiary/aromatic N) is 1. The summed E-state index contributed by atoms with van der Waals surface area (Å²) in [6.07, 6.45) is 0. The summed E-state index contributed by atoms with van der Waals surface area (Å²) in [5.74, 6) is 1.59. The van der Waals surface area contributed by atoms with Crippen LogP contribution in [0.3, 0.4) is 0 Å². The summed E-state index contributed by atoms with van der Waals surface area (Å²) in [6, 6.07) is 37.9. The van der Waals surface area contributed by atoms with E-state index in [9.17, 15) is 10.1 Å². The molecule has 0 fully saturated rings. The van der Waals surface area contributed by atoms with E-state index < -0.39 is 5.41 Å². The van der Waals surface area contributed by atoms with Crippen molar-refractivity contribution in [2.75, 3.05) is 0 Å². The van der Waals surface area contributed by atoms with Gasteiger partial charge in [0.15, 0.2) is 0 Å². The molecular formula is C31H19NO3. The molecule has 1 heterocycles. The van der Waals surface area contributed by atoms with E-state index in [0.29, 0.717) is 5.56 Å². The Kier molecular flexibility index (Phi) is 4.03. The molecule has 0 aromatic heterocycles. The van der Waals surface area contributed by atoms with Gasteiger partial charge in [0, 0.05) is 17.2 Å². The number of nitro benzene ring substituents is 1. The minimum atomic E-state index is -0.669. The SMILES string of the molecule is O=[N+]([O-])c1ccccc1-c1cccc2c1C1(c3ccccc3Oc3ccccc31)c1ccccc1-2. The molecule has 0 amide bonds. The third kappa shape index (κ3) is 2.51. The van der Waals surface area contributed by atoms with Crippen molar-refractivity contribution in [2.24, 2.45) is 0 Å². The second-order valence-electron chi connectivity index (χ2n) is 8.89. The molecule has 5 aromatic rings. The molecule has 0 saturated heterocycles. The van der Waals surface area contributed by atoms with Crippen LogP contribution < -0.4 is 4.74 Å². The summed E-state index contributed by atoms with van der Waals surface area (Å²) in [5, 5.41) is 12.1. The van der Waals surface area contributed by atoms with Crippen molar-refractivity contribution in [3.8, 4) is 33.8 Å². The highest BCUT2D eigenvalue weighted by atomic mass is 16.6. The van der Waals surface area contributed by atoms with Gasteiger partial charge < -0.3 is 4.74 Å². The Morgan fingerprint density at radius 3 is 1.69 bits per heavy atom. The summed E-state index contributed by atoms with van der Waals surface area (Å²) in [6.45, 7) is 0. The summed E-state index contributed by atoms with van der Waals surface area (Å²) >= 11 is 0. The number of hydrogen-bond acceptors (Lipinski definition) is 3. The number of rotatable bonds is 2. The minimum Gasteiger partial charge on any atom is -0.457 e. The van der Waals surface area contributed by atoms with Crippen LogP contribution in [0.5, 0.6) is 11.5 Å². The van der Waals surface area contributed by atoms with Crippen molar-refractivity contribution in [2.45, 2.75) is 5.41 Å². The molecule has 2 aliphatic rings. The van der Waals surface area contributed by atoms with Crippen molar-refractivity contribution in [3.05, 3.63) is 148 Å². The van der Waals surface area contributed by atoms with Gasteiger partial charge >= 0.3 is 0 Å². The Bertz CT molecular complexity index is 1620. The van der Waals surface area contributed by atoms with Crippen molar-refractivity contribution in [1.82, 2.24) is 0 Å². The van der Waals surface area contributed by atoms with Gasteiger partial charge in [-0.3, -0.25) is 10.1 Å². The fourth-order valence-electron chi connectivity index (χ4n) is 6.00. The van der Waals surface area contributed by atoms with Crippen LogP contribution in [0.4, 0.5) is 5.69 Å². The van der Waals surface area contributed by atoms with Gasteiger partial charge in [-0.25, -0.2) is 0 Å². The van der Waals surface area contributed by atoms with Crippen LogP contribution in [0.25, 0.3) is 22.3 Å². The maximum absolute atomic E-state index is 12.1. The van der Waals surface area contributed by atoms with Crippen LogP contribution in [0.2, 0.25) is 0 Å². The molecule has 0 radical (unpaired) electrons. The highest BCUT2D eigenvalue weighted by molar-refractivity contribution is 5.95. The van der Waals surface area contributed by atoms with E-state index in [2.05, 4.69) is 42.5 Å². The minimum absolute atomic E-state index is 0.0978. The predicted octanol–water partition coefficient (Wildman–Crippen LogP) is 7.73. The molecule has 0 saturated carbocycles. The zero-order valence-corrected chi connectivity index (χ0v) is 18.6. The predicted molar refractivity (Wildman–Crippen MR) is 136 cm³/mol. The maximum Gasteiger partial charge on any atom is 0.277 e. The zero-order chi connectivity index (χ0) is 23.6. The van der Waals surface area contributed by atoms with Gasteiger partial charge in [-0.15, -0.1) is 0 Å². The summed E-state index contributed by atoms with van der Waals surface area (Å²) < 4.78 is 6.39. The van der Waals surface area contributed by atoms with Gasteiger partial charge in [0.2, 0.25) is 0 Å². The monoisotopic (exact) mass is 453 g/mol. The normalized spacial score (nSPS) is 13.8. The first-order valence-corrected chi connectivity index (χ1v) is 11.6. The van der Waals surface area contributed by atoms with E-state index in [4.69, 9.17) is 4.74 Å². The molecule has 0 N–H and O–H groups in total. The summed E-state index contributed by atoms with van der Waals surface area (Å²) in [4.78, 5) is 11.8. The van der Waals surface area contributed by atoms with Gasteiger partial charge in [0.1, 0.15) is 11.5 Å². The van der Waals surface area contributed by atoms with Crippen LogP contribution in [-0.4, -0.2) is 4.92 Å². The molecule has 0 unspecified atom stereocenters. The average molecular weight is 453 g/mol. The average Bonchev–Trinajstić information content (AvgIpc) is 3.20. The molecule has 7 rings (SSSR count). The molecule has 5 aromatic carbocycles. The highest BCUT2D eigenvalue weighted by Gasteiger charge is 2.52. The third-order valence-electron chi connectivity index (χ3n) is 7.25. The van der Waals surface area contributed by atoms with E-state index >= 15 is 0 Å². The van der Waals surface area contributed by atoms with Gasteiger partial charge in [0.25, 0.3) is 5.69 Å². The molecule has 1 spiro atoms. The largest absolute Gasteiger partial charge is 0.457 e. The number of fused-ring (bicyclic) bond motifs is 9.